The summed E-state index contributed by atoms with van der Waals surface area (Å²) in [6, 6.07) is 8.72. The Morgan fingerprint density at radius 3 is 2.47 bits per heavy atom. The Morgan fingerprint density at radius 1 is 1.16 bits per heavy atom. The number of benzene rings is 1. The van der Waals surface area contributed by atoms with Crippen molar-refractivity contribution in [3.05, 3.63) is 46.3 Å². The molecule has 7 heteroatoms. The molecule has 0 saturated carbocycles. The molecule has 0 saturated heterocycles. The fourth-order valence-corrected chi connectivity index (χ4v) is 3.10. The highest BCUT2D eigenvalue weighted by Gasteiger charge is 2.18. The molecular weight excluding hydrogens is 377 g/mol. The molecule has 0 fully saturated rings. The fraction of sp³-hybridized carbons (Fsp3) is 0.0833. The number of aromatic nitrogens is 1. The van der Waals surface area contributed by atoms with Crippen LogP contribution in [0.3, 0.4) is 0 Å². The third-order valence-electron chi connectivity index (χ3n) is 2.44. The molecule has 19 heavy (non-hydrogen) atoms. The van der Waals surface area contributed by atoms with E-state index in [9.17, 15) is 8.42 Å². The van der Waals surface area contributed by atoms with Crippen LogP contribution in [0.1, 0.15) is 0 Å². The van der Waals surface area contributed by atoms with E-state index in [1.54, 1.807) is 25.2 Å². The maximum atomic E-state index is 12.3. The van der Waals surface area contributed by atoms with E-state index < -0.39 is 10.0 Å². The summed E-state index contributed by atoms with van der Waals surface area (Å²) < 4.78 is 28.1. The molecule has 2 rings (SSSR count). The topological polar surface area (TPSA) is 71.1 Å². The number of sulfonamides is 1. The molecule has 0 bridgehead atoms. The van der Waals surface area contributed by atoms with Gasteiger partial charge in [0.25, 0.3) is 10.0 Å². The minimum atomic E-state index is -3.65. The van der Waals surface area contributed by atoms with Gasteiger partial charge in [0.1, 0.15) is 4.90 Å². The Hall–Kier alpha value is -1.35. The minimum Gasteiger partial charge on any atom is -0.387 e. The van der Waals surface area contributed by atoms with Gasteiger partial charge in [0.05, 0.1) is 5.69 Å². The van der Waals surface area contributed by atoms with Gasteiger partial charge in [0, 0.05) is 28.7 Å². The zero-order chi connectivity index (χ0) is 13.9. The first-order valence-corrected chi connectivity index (χ1v) is 7.99. The van der Waals surface area contributed by atoms with E-state index >= 15 is 0 Å². The van der Waals surface area contributed by atoms with E-state index in [0.717, 1.165) is 3.57 Å². The van der Waals surface area contributed by atoms with Crippen molar-refractivity contribution in [2.45, 2.75) is 4.90 Å². The Kier molecular flexibility index (Phi) is 4.25. The van der Waals surface area contributed by atoms with Crippen LogP contribution in [0.2, 0.25) is 0 Å². The average molecular weight is 389 g/mol. The molecule has 2 aromatic rings. The van der Waals surface area contributed by atoms with Crippen LogP contribution in [0.25, 0.3) is 0 Å². The second kappa shape index (κ2) is 5.74. The summed E-state index contributed by atoms with van der Waals surface area (Å²) in [6.07, 6.45) is 2.86. The van der Waals surface area contributed by atoms with Crippen LogP contribution in [0.15, 0.2) is 47.6 Å². The van der Waals surface area contributed by atoms with E-state index in [-0.39, 0.29) is 4.90 Å². The summed E-state index contributed by atoms with van der Waals surface area (Å²) in [7, 11) is -1.98. The molecule has 1 aromatic carbocycles. The molecular formula is C12H12IN3O2S. The number of hydrogen-bond acceptors (Lipinski definition) is 4. The largest absolute Gasteiger partial charge is 0.387 e. The van der Waals surface area contributed by atoms with Gasteiger partial charge in [-0.05, 0) is 52.9 Å². The lowest BCUT2D eigenvalue weighted by atomic mass is 10.3. The molecule has 5 nitrogen and oxygen atoms in total. The number of pyridine rings is 1. The van der Waals surface area contributed by atoms with Gasteiger partial charge in [-0.25, -0.2) is 8.42 Å². The minimum absolute atomic E-state index is 0.121. The van der Waals surface area contributed by atoms with Gasteiger partial charge < -0.3 is 5.32 Å². The monoisotopic (exact) mass is 389 g/mol. The van der Waals surface area contributed by atoms with Gasteiger partial charge >= 0.3 is 0 Å². The van der Waals surface area contributed by atoms with Crippen LogP contribution in [0.5, 0.6) is 0 Å². The lowest BCUT2D eigenvalue weighted by Crippen LogP contribution is -2.15. The standard InChI is InChI=1S/C12H12IN3O2S/c1-14-11-6-7-15-8-12(11)19(17,18)16-10-4-2-9(13)3-5-10/h2-8,16H,1H3,(H,14,15). The van der Waals surface area contributed by atoms with Crippen LogP contribution in [-0.4, -0.2) is 20.4 Å². The van der Waals surface area contributed by atoms with Crippen molar-refractivity contribution in [2.24, 2.45) is 0 Å². The summed E-state index contributed by atoms with van der Waals surface area (Å²) in [5.41, 5.74) is 1.03. The Bertz CT molecular complexity index is 672. The molecule has 0 unspecified atom stereocenters. The van der Waals surface area contributed by atoms with Gasteiger partial charge in [-0.2, -0.15) is 0 Å². The first kappa shape index (κ1) is 14.1. The lowest BCUT2D eigenvalue weighted by Gasteiger charge is -2.11. The molecule has 2 N–H and O–H groups in total. The number of hydrogen-bond donors (Lipinski definition) is 2. The quantitative estimate of drug-likeness (QED) is 0.789. The SMILES string of the molecule is CNc1ccncc1S(=O)(=O)Nc1ccc(I)cc1. The molecule has 0 spiro atoms. The van der Waals surface area contributed by atoms with E-state index in [4.69, 9.17) is 0 Å². The summed E-state index contributed by atoms with van der Waals surface area (Å²) in [5.74, 6) is 0. The highest BCUT2D eigenvalue weighted by atomic mass is 127. The van der Waals surface area contributed by atoms with Crippen molar-refractivity contribution in [3.8, 4) is 0 Å². The van der Waals surface area contributed by atoms with Crippen LogP contribution in [-0.2, 0) is 10.0 Å². The second-order valence-corrected chi connectivity index (χ2v) is 6.63. The fourth-order valence-electron chi connectivity index (χ4n) is 1.53. The highest BCUT2D eigenvalue weighted by molar-refractivity contribution is 14.1. The van der Waals surface area contributed by atoms with Gasteiger partial charge in [0.15, 0.2) is 0 Å². The average Bonchev–Trinajstić information content (AvgIpc) is 2.41. The van der Waals surface area contributed by atoms with Crippen LogP contribution < -0.4 is 10.0 Å². The van der Waals surface area contributed by atoms with Crippen molar-refractivity contribution in [3.63, 3.8) is 0 Å². The van der Waals surface area contributed by atoms with Crippen LogP contribution >= 0.6 is 22.6 Å². The Labute approximate surface area is 125 Å². The third kappa shape index (κ3) is 3.35. The van der Waals surface area contributed by atoms with E-state index in [1.165, 1.54) is 12.4 Å². The maximum absolute atomic E-state index is 12.3. The molecule has 0 amide bonds. The summed E-state index contributed by atoms with van der Waals surface area (Å²) in [5, 5.41) is 2.84. The first-order valence-electron chi connectivity index (χ1n) is 5.43. The van der Waals surface area contributed by atoms with E-state index in [1.807, 2.05) is 12.1 Å². The maximum Gasteiger partial charge on any atom is 0.265 e. The van der Waals surface area contributed by atoms with Gasteiger partial charge in [-0.1, -0.05) is 0 Å². The molecule has 0 radical (unpaired) electrons. The van der Waals surface area contributed by atoms with Crippen molar-refractivity contribution in [1.29, 1.82) is 0 Å². The lowest BCUT2D eigenvalue weighted by molar-refractivity contribution is 0.601. The molecule has 0 aliphatic carbocycles. The molecule has 1 aromatic heterocycles. The number of nitrogens with zero attached hydrogens (tertiary/aromatic N) is 1. The number of rotatable bonds is 4. The highest BCUT2D eigenvalue weighted by Crippen LogP contribution is 2.22. The Balaban J connectivity index is 2.35. The van der Waals surface area contributed by atoms with Crippen molar-refractivity contribution in [2.75, 3.05) is 17.1 Å². The van der Waals surface area contributed by atoms with Crippen LogP contribution in [0, 0.1) is 3.57 Å². The normalized spacial score (nSPS) is 11.1. The number of nitrogens with one attached hydrogen (secondary N) is 2. The van der Waals surface area contributed by atoms with E-state index in [2.05, 4.69) is 37.6 Å². The zero-order valence-corrected chi connectivity index (χ0v) is 13.1. The predicted molar refractivity (Wildman–Crippen MR) is 83.8 cm³/mol. The molecule has 0 atom stereocenters. The number of anilines is 2. The smallest absolute Gasteiger partial charge is 0.265 e. The zero-order valence-electron chi connectivity index (χ0n) is 10.1. The molecule has 100 valence electrons. The Morgan fingerprint density at radius 2 is 1.84 bits per heavy atom. The van der Waals surface area contributed by atoms with Gasteiger partial charge in [-0.3, -0.25) is 9.71 Å². The molecule has 1 heterocycles. The van der Waals surface area contributed by atoms with Crippen molar-refractivity contribution >= 4 is 44.0 Å². The van der Waals surface area contributed by atoms with E-state index in [0.29, 0.717) is 11.4 Å². The summed E-state index contributed by atoms with van der Waals surface area (Å²) in [6.45, 7) is 0. The molecule has 0 aliphatic rings. The van der Waals surface area contributed by atoms with Crippen molar-refractivity contribution < 1.29 is 8.42 Å². The number of halogens is 1. The summed E-state index contributed by atoms with van der Waals surface area (Å²) >= 11 is 2.16. The molecule has 0 aliphatic heterocycles. The van der Waals surface area contributed by atoms with Crippen molar-refractivity contribution in [1.82, 2.24) is 4.98 Å². The first-order chi connectivity index (χ1) is 9.03. The van der Waals surface area contributed by atoms with Gasteiger partial charge in [0.2, 0.25) is 0 Å². The third-order valence-corrected chi connectivity index (χ3v) is 4.57. The predicted octanol–water partition coefficient (Wildman–Crippen LogP) is 2.53. The van der Waals surface area contributed by atoms with Crippen LogP contribution in [0.4, 0.5) is 11.4 Å². The second-order valence-electron chi connectivity index (χ2n) is 3.73. The summed E-state index contributed by atoms with van der Waals surface area (Å²) in [4.78, 5) is 3.98. The van der Waals surface area contributed by atoms with Gasteiger partial charge in [-0.15, -0.1) is 0 Å².